The van der Waals surface area contributed by atoms with E-state index < -0.39 is 0 Å². The fourth-order valence-corrected chi connectivity index (χ4v) is 2.51. The van der Waals surface area contributed by atoms with Crippen LogP contribution in [0.15, 0.2) is 36.5 Å². The van der Waals surface area contributed by atoms with Gasteiger partial charge in [0, 0.05) is 29.5 Å². The largest absolute Gasteiger partial charge is 0.336 e. The van der Waals surface area contributed by atoms with E-state index in [1.807, 2.05) is 49.1 Å². The van der Waals surface area contributed by atoms with Gasteiger partial charge in [-0.2, -0.15) is 0 Å². The monoisotopic (exact) mass is 334 g/mol. The van der Waals surface area contributed by atoms with Crippen molar-refractivity contribution in [1.82, 2.24) is 9.88 Å². The molecular weight excluding hydrogens is 316 g/mol. The number of nitrogens with zero attached hydrogens (tertiary/aromatic N) is 2. The lowest BCUT2D eigenvalue weighted by molar-refractivity contribution is 0.0708. The van der Waals surface area contributed by atoms with E-state index in [0.29, 0.717) is 5.56 Å². The molecule has 0 radical (unpaired) electrons. The van der Waals surface area contributed by atoms with E-state index in [-0.39, 0.29) is 11.9 Å². The number of fused-ring (bicyclic) bond motifs is 1. The summed E-state index contributed by atoms with van der Waals surface area (Å²) in [5.41, 5.74) is 1.47. The van der Waals surface area contributed by atoms with Crippen molar-refractivity contribution < 1.29 is 4.79 Å². The Kier molecular flexibility index (Phi) is 5.12. The summed E-state index contributed by atoms with van der Waals surface area (Å²) < 4.78 is 0. The predicted octanol–water partition coefficient (Wildman–Crippen LogP) is 3.87. The van der Waals surface area contributed by atoms with Crippen LogP contribution < -0.4 is 0 Å². The number of alkyl halides is 1. The molecule has 2 aromatic rings. The molecule has 0 saturated heterocycles. The van der Waals surface area contributed by atoms with E-state index in [4.69, 9.17) is 0 Å². The molecule has 106 valence electrons. The maximum atomic E-state index is 12.8. The van der Waals surface area contributed by atoms with Crippen molar-refractivity contribution in [2.24, 2.45) is 0 Å². The molecule has 0 spiro atoms. The van der Waals surface area contributed by atoms with Crippen LogP contribution in [-0.4, -0.2) is 33.7 Å². The normalized spacial score (nSPS) is 11.0. The van der Waals surface area contributed by atoms with Gasteiger partial charge in [0.2, 0.25) is 0 Å². The van der Waals surface area contributed by atoms with Crippen LogP contribution in [0, 0.1) is 0 Å². The molecular formula is C16H19BrN2O. The molecule has 1 aromatic carbocycles. The molecule has 1 heterocycles. The van der Waals surface area contributed by atoms with Gasteiger partial charge in [-0.1, -0.05) is 34.1 Å². The molecule has 2 rings (SSSR count). The minimum absolute atomic E-state index is 0.0604. The van der Waals surface area contributed by atoms with E-state index in [1.165, 1.54) is 0 Å². The zero-order valence-corrected chi connectivity index (χ0v) is 13.4. The van der Waals surface area contributed by atoms with E-state index in [9.17, 15) is 4.79 Å². The average molecular weight is 335 g/mol. The average Bonchev–Trinajstić information content (AvgIpc) is 2.46. The number of halogens is 1. The van der Waals surface area contributed by atoms with E-state index in [1.54, 1.807) is 6.20 Å². The van der Waals surface area contributed by atoms with Gasteiger partial charge in [0.25, 0.3) is 5.91 Å². The predicted molar refractivity (Wildman–Crippen MR) is 86.3 cm³/mol. The standard InChI is InChI=1S/C16H19BrN2O/c1-12(2)19(11-5-9-17)16(20)14-8-3-6-13-7-4-10-18-15(13)14/h3-4,6-8,10,12H,5,9,11H2,1-2H3. The quantitative estimate of drug-likeness (QED) is 0.777. The lowest BCUT2D eigenvalue weighted by Crippen LogP contribution is -2.38. The number of hydrogen-bond acceptors (Lipinski definition) is 2. The number of para-hydroxylation sites is 1. The molecule has 0 aliphatic heterocycles. The first-order valence-electron chi connectivity index (χ1n) is 6.86. The van der Waals surface area contributed by atoms with Crippen LogP contribution in [0.5, 0.6) is 0 Å². The van der Waals surface area contributed by atoms with E-state index in [0.717, 1.165) is 29.2 Å². The van der Waals surface area contributed by atoms with Gasteiger partial charge in [0.05, 0.1) is 11.1 Å². The molecule has 3 nitrogen and oxygen atoms in total. The van der Waals surface area contributed by atoms with Crippen LogP contribution in [0.25, 0.3) is 10.9 Å². The lowest BCUT2D eigenvalue weighted by Gasteiger charge is -2.27. The van der Waals surface area contributed by atoms with Gasteiger partial charge in [-0.25, -0.2) is 0 Å². The molecule has 0 aliphatic carbocycles. The minimum atomic E-state index is 0.0604. The fraction of sp³-hybridized carbons (Fsp3) is 0.375. The summed E-state index contributed by atoms with van der Waals surface area (Å²) in [5.74, 6) is 0.0604. The highest BCUT2D eigenvalue weighted by Gasteiger charge is 2.20. The second-order valence-electron chi connectivity index (χ2n) is 5.02. The highest BCUT2D eigenvalue weighted by Crippen LogP contribution is 2.19. The van der Waals surface area contributed by atoms with Crippen molar-refractivity contribution in [3.63, 3.8) is 0 Å². The third kappa shape index (κ3) is 3.18. The molecule has 20 heavy (non-hydrogen) atoms. The topological polar surface area (TPSA) is 33.2 Å². The molecule has 4 heteroatoms. The number of hydrogen-bond donors (Lipinski definition) is 0. The van der Waals surface area contributed by atoms with Gasteiger partial charge in [-0.3, -0.25) is 9.78 Å². The van der Waals surface area contributed by atoms with Crippen molar-refractivity contribution in [1.29, 1.82) is 0 Å². The minimum Gasteiger partial charge on any atom is -0.336 e. The summed E-state index contributed by atoms with van der Waals surface area (Å²) in [5, 5.41) is 1.90. The van der Waals surface area contributed by atoms with Gasteiger partial charge in [-0.15, -0.1) is 0 Å². The summed E-state index contributed by atoms with van der Waals surface area (Å²) in [6.45, 7) is 4.85. The van der Waals surface area contributed by atoms with Gasteiger partial charge >= 0.3 is 0 Å². The Balaban J connectivity index is 2.38. The Morgan fingerprint density at radius 2 is 2.05 bits per heavy atom. The number of carbonyl (C=O) groups excluding carboxylic acids is 1. The van der Waals surface area contributed by atoms with Crippen LogP contribution >= 0.6 is 15.9 Å². The highest BCUT2D eigenvalue weighted by atomic mass is 79.9. The second kappa shape index (κ2) is 6.84. The Labute approximate surface area is 128 Å². The Bertz CT molecular complexity index is 593. The zero-order valence-electron chi connectivity index (χ0n) is 11.8. The third-order valence-electron chi connectivity index (χ3n) is 3.28. The Morgan fingerprint density at radius 3 is 2.75 bits per heavy atom. The van der Waals surface area contributed by atoms with E-state index in [2.05, 4.69) is 20.9 Å². The SMILES string of the molecule is CC(C)N(CCCBr)C(=O)c1cccc2cccnc12. The van der Waals surface area contributed by atoms with Gasteiger partial charge < -0.3 is 4.90 Å². The molecule has 0 saturated carbocycles. The highest BCUT2D eigenvalue weighted by molar-refractivity contribution is 9.09. The molecule has 0 atom stereocenters. The number of aromatic nitrogens is 1. The lowest BCUT2D eigenvalue weighted by atomic mass is 10.1. The maximum absolute atomic E-state index is 12.8. The van der Waals surface area contributed by atoms with Crippen molar-refractivity contribution in [2.75, 3.05) is 11.9 Å². The first-order chi connectivity index (χ1) is 9.65. The number of pyridine rings is 1. The molecule has 0 bridgehead atoms. The summed E-state index contributed by atoms with van der Waals surface area (Å²) in [6, 6.07) is 9.82. The maximum Gasteiger partial charge on any atom is 0.256 e. The van der Waals surface area contributed by atoms with Crippen molar-refractivity contribution in [2.45, 2.75) is 26.3 Å². The molecule has 0 N–H and O–H groups in total. The van der Waals surface area contributed by atoms with Crippen molar-refractivity contribution in [3.05, 3.63) is 42.1 Å². The summed E-state index contributed by atoms with van der Waals surface area (Å²) in [4.78, 5) is 19.1. The number of amides is 1. The molecule has 0 aliphatic rings. The van der Waals surface area contributed by atoms with Gasteiger partial charge in [-0.05, 0) is 32.4 Å². The molecule has 1 amide bonds. The fourth-order valence-electron chi connectivity index (χ4n) is 2.26. The van der Waals surface area contributed by atoms with Crippen molar-refractivity contribution >= 4 is 32.7 Å². The van der Waals surface area contributed by atoms with Crippen LogP contribution in [0.4, 0.5) is 0 Å². The molecule has 0 unspecified atom stereocenters. The summed E-state index contributed by atoms with van der Waals surface area (Å²) in [7, 11) is 0. The number of rotatable bonds is 5. The Hall–Kier alpha value is -1.42. The number of benzene rings is 1. The molecule has 1 aromatic heterocycles. The summed E-state index contributed by atoms with van der Waals surface area (Å²) >= 11 is 3.42. The van der Waals surface area contributed by atoms with Crippen LogP contribution in [0.2, 0.25) is 0 Å². The van der Waals surface area contributed by atoms with Crippen molar-refractivity contribution in [3.8, 4) is 0 Å². The zero-order chi connectivity index (χ0) is 14.5. The third-order valence-corrected chi connectivity index (χ3v) is 3.84. The van der Waals surface area contributed by atoms with E-state index >= 15 is 0 Å². The van der Waals surface area contributed by atoms with Gasteiger partial charge in [0.15, 0.2) is 0 Å². The number of carbonyl (C=O) groups is 1. The Morgan fingerprint density at radius 1 is 1.30 bits per heavy atom. The van der Waals surface area contributed by atoms with Gasteiger partial charge in [0.1, 0.15) is 0 Å². The first-order valence-corrected chi connectivity index (χ1v) is 7.98. The molecule has 0 fully saturated rings. The smallest absolute Gasteiger partial charge is 0.256 e. The second-order valence-corrected chi connectivity index (χ2v) is 5.81. The summed E-state index contributed by atoms with van der Waals surface area (Å²) in [6.07, 6.45) is 2.68. The first kappa shape index (κ1) is 15.0. The van der Waals surface area contributed by atoms with Crippen LogP contribution in [0.3, 0.4) is 0 Å². The van der Waals surface area contributed by atoms with Crippen LogP contribution in [0.1, 0.15) is 30.6 Å². The van der Waals surface area contributed by atoms with Crippen LogP contribution in [-0.2, 0) is 0 Å².